The van der Waals surface area contributed by atoms with E-state index < -0.39 is 16.0 Å². The Labute approximate surface area is 189 Å². The second-order valence-corrected chi connectivity index (χ2v) is 9.74. The van der Waals surface area contributed by atoms with E-state index in [4.69, 9.17) is 4.74 Å². The molecule has 4 rings (SSSR count). The molecular formula is C22H23N5O5S. The molecule has 0 aliphatic rings. The Morgan fingerprint density at radius 3 is 2.58 bits per heavy atom. The maximum Gasteiger partial charge on any atom is 0.312 e. The molecule has 172 valence electrons. The van der Waals surface area contributed by atoms with Crippen molar-refractivity contribution in [1.29, 1.82) is 0 Å². The molecule has 1 N–H and O–H groups in total. The van der Waals surface area contributed by atoms with Crippen LogP contribution >= 0.6 is 0 Å². The Morgan fingerprint density at radius 1 is 1.15 bits per heavy atom. The Balaban J connectivity index is 1.56. The van der Waals surface area contributed by atoms with Crippen LogP contribution in [0.3, 0.4) is 0 Å². The van der Waals surface area contributed by atoms with Gasteiger partial charge in [0, 0.05) is 26.0 Å². The van der Waals surface area contributed by atoms with Crippen LogP contribution in [-0.2, 0) is 39.1 Å². The van der Waals surface area contributed by atoms with E-state index in [1.54, 1.807) is 30.3 Å². The van der Waals surface area contributed by atoms with Crippen molar-refractivity contribution in [2.24, 2.45) is 0 Å². The van der Waals surface area contributed by atoms with Crippen LogP contribution in [0.2, 0.25) is 0 Å². The molecule has 0 amide bonds. The molecule has 33 heavy (non-hydrogen) atoms. The maximum atomic E-state index is 12.5. The van der Waals surface area contributed by atoms with E-state index in [1.807, 2.05) is 11.5 Å². The van der Waals surface area contributed by atoms with Crippen molar-refractivity contribution >= 4 is 37.8 Å². The largest absolute Gasteiger partial charge is 0.457 e. The van der Waals surface area contributed by atoms with Crippen LogP contribution in [0.1, 0.15) is 18.4 Å². The summed E-state index contributed by atoms with van der Waals surface area (Å²) in [6.07, 6.45) is -0.116. The number of H-pyrrole nitrogens is 1. The number of aryl methyl sites for hydroxylation is 1. The summed E-state index contributed by atoms with van der Waals surface area (Å²) in [6.45, 7) is 2.40. The molecule has 0 saturated heterocycles. The number of esters is 1. The second-order valence-electron chi connectivity index (χ2n) is 7.59. The molecule has 0 fully saturated rings. The molecule has 0 bridgehead atoms. The highest BCUT2D eigenvalue weighted by Gasteiger charge is 2.20. The standard InChI is InChI=1S/C22H23N5O5S/c1-4-27-19-10-9-14(33(30,31)26(2)3)11-18(19)23-20(27)13-32-21(28)12-17-15-7-5-6-8-16(15)22(29)25-24-17/h5-11H,4,12-13H2,1-3H3,(H,25,29). The topological polar surface area (TPSA) is 127 Å². The fourth-order valence-electron chi connectivity index (χ4n) is 3.63. The fraction of sp³-hybridized carbons (Fsp3) is 0.273. The molecule has 0 unspecified atom stereocenters. The number of nitrogens with zero attached hydrogens (tertiary/aromatic N) is 4. The van der Waals surface area contributed by atoms with Gasteiger partial charge in [0.1, 0.15) is 12.4 Å². The summed E-state index contributed by atoms with van der Waals surface area (Å²) in [4.78, 5) is 29.1. The average molecular weight is 470 g/mol. The van der Waals surface area contributed by atoms with Gasteiger partial charge in [-0.05, 0) is 31.2 Å². The minimum atomic E-state index is -3.59. The minimum absolute atomic E-state index is 0.0849. The maximum absolute atomic E-state index is 12.5. The second kappa shape index (κ2) is 8.75. The van der Waals surface area contributed by atoms with Crippen LogP contribution in [0.4, 0.5) is 0 Å². The number of nitrogens with one attached hydrogen (secondary N) is 1. The van der Waals surface area contributed by atoms with Crippen LogP contribution in [0.5, 0.6) is 0 Å². The summed E-state index contributed by atoms with van der Waals surface area (Å²) >= 11 is 0. The lowest BCUT2D eigenvalue weighted by Crippen LogP contribution is -2.22. The third-order valence-electron chi connectivity index (χ3n) is 5.34. The quantitative estimate of drug-likeness (QED) is 0.409. The lowest BCUT2D eigenvalue weighted by Gasteiger charge is -2.11. The number of aromatic nitrogens is 4. The van der Waals surface area contributed by atoms with Crippen molar-refractivity contribution in [3.05, 3.63) is 64.3 Å². The van der Waals surface area contributed by atoms with Gasteiger partial charge in [0.25, 0.3) is 5.56 Å². The van der Waals surface area contributed by atoms with Crippen molar-refractivity contribution in [3.63, 3.8) is 0 Å². The van der Waals surface area contributed by atoms with E-state index >= 15 is 0 Å². The Bertz CT molecular complexity index is 1520. The van der Waals surface area contributed by atoms with Gasteiger partial charge in [0.15, 0.2) is 0 Å². The number of benzene rings is 2. The van der Waals surface area contributed by atoms with Gasteiger partial charge in [-0.1, -0.05) is 18.2 Å². The first kappa shape index (κ1) is 22.6. The molecule has 0 aliphatic carbocycles. The fourth-order valence-corrected chi connectivity index (χ4v) is 4.56. The lowest BCUT2D eigenvalue weighted by atomic mass is 10.1. The van der Waals surface area contributed by atoms with Gasteiger partial charge in [-0.3, -0.25) is 9.59 Å². The number of carbonyl (C=O) groups is 1. The van der Waals surface area contributed by atoms with Crippen LogP contribution in [0.25, 0.3) is 21.8 Å². The Hall–Kier alpha value is -3.57. The molecule has 0 saturated carbocycles. The summed E-state index contributed by atoms with van der Waals surface area (Å²) in [6, 6.07) is 11.7. The van der Waals surface area contributed by atoms with Gasteiger partial charge >= 0.3 is 5.97 Å². The number of sulfonamides is 1. The zero-order valence-electron chi connectivity index (χ0n) is 18.4. The first-order chi connectivity index (χ1) is 15.7. The van der Waals surface area contributed by atoms with Crippen LogP contribution < -0.4 is 5.56 Å². The summed E-state index contributed by atoms with van der Waals surface area (Å²) in [5.41, 5.74) is 1.33. The van der Waals surface area contributed by atoms with E-state index in [9.17, 15) is 18.0 Å². The van der Waals surface area contributed by atoms with Gasteiger partial charge < -0.3 is 9.30 Å². The molecule has 0 aliphatic heterocycles. The van der Waals surface area contributed by atoms with E-state index in [0.717, 1.165) is 9.82 Å². The van der Waals surface area contributed by atoms with Crippen LogP contribution in [-0.4, -0.2) is 52.5 Å². The number of carbonyl (C=O) groups excluding carboxylic acids is 1. The van der Waals surface area contributed by atoms with Gasteiger partial charge in [0.05, 0.1) is 33.4 Å². The smallest absolute Gasteiger partial charge is 0.312 e. The molecule has 0 radical (unpaired) electrons. The van der Waals surface area contributed by atoms with E-state index in [-0.39, 0.29) is 23.5 Å². The van der Waals surface area contributed by atoms with Crippen molar-refractivity contribution < 1.29 is 17.9 Å². The molecule has 2 heterocycles. The zero-order chi connectivity index (χ0) is 23.8. The summed E-state index contributed by atoms with van der Waals surface area (Å²) < 4.78 is 33.3. The van der Waals surface area contributed by atoms with Gasteiger partial charge in [0.2, 0.25) is 10.0 Å². The predicted octanol–water partition coefficient (Wildman–Crippen LogP) is 1.83. The van der Waals surface area contributed by atoms with Crippen molar-refractivity contribution in [2.75, 3.05) is 14.1 Å². The number of imidazole rings is 1. The van der Waals surface area contributed by atoms with Gasteiger partial charge in [-0.15, -0.1) is 0 Å². The molecule has 11 heteroatoms. The Kier molecular flexibility index (Phi) is 6.00. The van der Waals surface area contributed by atoms with Crippen molar-refractivity contribution in [1.82, 2.24) is 24.1 Å². The first-order valence-electron chi connectivity index (χ1n) is 10.3. The predicted molar refractivity (Wildman–Crippen MR) is 122 cm³/mol. The highest BCUT2D eigenvalue weighted by Crippen LogP contribution is 2.23. The molecule has 0 atom stereocenters. The number of fused-ring (bicyclic) bond motifs is 2. The van der Waals surface area contributed by atoms with Crippen LogP contribution in [0.15, 0.2) is 52.2 Å². The summed E-state index contributed by atoms with van der Waals surface area (Å²) in [5.74, 6) is -0.0233. The van der Waals surface area contributed by atoms with E-state index in [1.165, 1.54) is 26.2 Å². The highest BCUT2D eigenvalue weighted by molar-refractivity contribution is 7.89. The molecule has 2 aromatic heterocycles. The molecule has 0 spiro atoms. The summed E-state index contributed by atoms with van der Waals surface area (Å²) in [5, 5.41) is 7.44. The van der Waals surface area contributed by atoms with Gasteiger partial charge in [-0.2, -0.15) is 5.10 Å². The molecule has 10 nitrogen and oxygen atoms in total. The number of aromatic amines is 1. The molecule has 2 aromatic carbocycles. The highest BCUT2D eigenvalue weighted by atomic mass is 32.2. The minimum Gasteiger partial charge on any atom is -0.457 e. The normalized spacial score (nSPS) is 12.0. The zero-order valence-corrected chi connectivity index (χ0v) is 19.2. The number of ether oxygens (including phenoxy) is 1. The van der Waals surface area contributed by atoms with Crippen LogP contribution in [0, 0.1) is 0 Å². The number of rotatable bonds is 7. The number of hydrogen-bond donors (Lipinski definition) is 1. The van der Waals surface area contributed by atoms with Crippen molar-refractivity contribution in [3.8, 4) is 0 Å². The lowest BCUT2D eigenvalue weighted by molar-refractivity contribution is -0.144. The van der Waals surface area contributed by atoms with Gasteiger partial charge in [-0.25, -0.2) is 22.8 Å². The Morgan fingerprint density at radius 2 is 1.88 bits per heavy atom. The monoisotopic (exact) mass is 469 g/mol. The average Bonchev–Trinajstić information content (AvgIpc) is 3.16. The van der Waals surface area contributed by atoms with Crippen molar-refractivity contribution in [2.45, 2.75) is 31.4 Å². The summed E-state index contributed by atoms with van der Waals surface area (Å²) in [7, 11) is -0.658. The third-order valence-corrected chi connectivity index (χ3v) is 7.15. The SMILES string of the molecule is CCn1c(COC(=O)Cc2n[nH]c(=O)c3ccccc23)nc2cc(S(=O)(=O)N(C)C)ccc21. The molecular weight excluding hydrogens is 446 g/mol. The third kappa shape index (κ3) is 4.24. The van der Waals surface area contributed by atoms with E-state index in [2.05, 4.69) is 15.2 Å². The number of hydrogen-bond acceptors (Lipinski definition) is 7. The van der Waals surface area contributed by atoms with E-state index in [0.29, 0.717) is 34.4 Å². The molecule has 4 aromatic rings. The first-order valence-corrected chi connectivity index (χ1v) is 11.7.